The highest BCUT2D eigenvalue weighted by Crippen LogP contribution is 2.30. The van der Waals surface area contributed by atoms with Crippen molar-refractivity contribution < 1.29 is 4.79 Å². The van der Waals surface area contributed by atoms with Crippen molar-refractivity contribution in [2.24, 2.45) is 0 Å². The van der Waals surface area contributed by atoms with Gasteiger partial charge in [-0.25, -0.2) is 0 Å². The number of amides is 1. The van der Waals surface area contributed by atoms with Crippen molar-refractivity contribution in [1.29, 1.82) is 0 Å². The Kier molecular flexibility index (Phi) is 5.65. The monoisotopic (exact) mass is 465 g/mol. The number of aromatic nitrogens is 1. The number of anilines is 2. The van der Waals surface area contributed by atoms with Gasteiger partial charge in [0.1, 0.15) is 4.88 Å². The van der Waals surface area contributed by atoms with Crippen LogP contribution < -0.4 is 10.6 Å². The highest BCUT2D eigenvalue weighted by molar-refractivity contribution is 9.10. The predicted octanol–water partition coefficient (Wildman–Crippen LogP) is 6.54. The number of halogens is 1. The van der Waals surface area contributed by atoms with Gasteiger partial charge in [-0.2, -0.15) is 0 Å². The van der Waals surface area contributed by atoms with E-state index >= 15 is 0 Å². The zero-order chi connectivity index (χ0) is 20.4. The Morgan fingerprint density at radius 1 is 1.10 bits per heavy atom. The number of fused-ring (bicyclic) bond motifs is 1. The summed E-state index contributed by atoms with van der Waals surface area (Å²) in [6, 6.07) is 15.9. The normalized spacial score (nSPS) is 10.9. The Labute approximate surface area is 182 Å². The number of hydrogen-bond donors (Lipinski definition) is 2. The number of benzene rings is 2. The number of para-hydroxylation sites is 1. The molecule has 0 bridgehead atoms. The van der Waals surface area contributed by atoms with Gasteiger partial charge in [0.2, 0.25) is 0 Å². The van der Waals surface area contributed by atoms with Crippen LogP contribution in [0.15, 0.2) is 64.6 Å². The van der Waals surface area contributed by atoms with Crippen LogP contribution in [0.5, 0.6) is 0 Å². The first-order chi connectivity index (χ1) is 14.0. The summed E-state index contributed by atoms with van der Waals surface area (Å²) in [5.74, 6) is -0.105. The first kappa shape index (κ1) is 19.6. The molecule has 29 heavy (non-hydrogen) atoms. The quantitative estimate of drug-likeness (QED) is 0.351. The molecule has 0 atom stereocenters. The molecule has 4 rings (SSSR count). The third kappa shape index (κ3) is 4.18. The average Bonchev–Trinajstić information content (AvgIpc) is 3.09. The third-order valence-corrected chi connectivity index (χ3v) is 6.78. The minimum Gasteiger partial charge on any atom is -0.379 e. The molecule has 0 aliphatic carbocycles. The van der Waals surface area contributed by atoms with Crippen molar-refractivity contribution in [3.8, 4) is 0 Å². The second-order valence-electron chi connectivity index (χ2n) is 6.88. The number of carbonyl (C=O) groups excluding carboxylic acids is 1. The van der Waals surface area contributed by atoms with Gasteiger partial charge in [0.25, 0.3) is 5.91 Å². The SMILES string of the molecule is Cc1cc(NC(=O)c2scc(C)c2NCc2ccnc3ccccc23)ccc1Br. The molecule has 6 heteroatoms. The number of thiophene rings is 1. The zero-order valence-electron chi connectivity index (χ0n) is 16.1. The van der Waals surface area contributed by atoms with E-state index in [0.29, 0.717) is 11.4 Å². The van der Waals surface area contributed by atoms with Crippen LogP contribution in [-0.4, -0.2) is 10.9 Å². The van der Waals surface area contributed by atoms with Gasteiger partial charge in [-0.1, -0.05) is 34.1 Å². The molecule has 0 aliphatic heterocycles. The Morgan fingerprint density at radius 3 is 2.76 bits per heavy atom. The molecule has 2 aromatic carbocycles. The molecule has 0 aliphatic rings. The number of nitrogens with zero attached hydrogens (tertiary/aromatic N) is 1. The summed E-state index contributed by atoms with van der Waals surface area (Å²) in [5.41, 5.74) is 5.92. The average molecular weight is 466 g/mol. The van der Waals surface area contributed by atoms with E-state index < -0.39 is 0 Å². The fraction of sp³-hybridized carbons (Fsp3) is 0.130. The van der Waals surface area contributed by atoms with E-state index in [-0.39, 0.29) is 5.91 Å². The maximum Gasteiger partial charge on any atom is 0.267 e. The van der Waals surface area contributed by atoms with Crippen LogP contribution in [0, 0.1) is 13.8 Å². The third-order valence-electron chi connectivity index (χ3n) is 4.79. The van der Waals surface area contributed by atoms with Crippen LogP contribution in [0.1, 0.15) is 26.4 Å². The molecule has 4 aromatic rings. The van der Waals surface area contributed by atoms with Gasteiger partial charge in [-0.3, -0.25) is 9.78 Å². The lowest BCUT2D eigenvalue weighted by Crippen LogP contribution is -2.13. The van der Waals surface area contributed by atoms with E-state index in [1.54, 1.807) is 0 Å². The highest BCUT2D eigenvalue weighted by Gasteiger charge is 2.17. The Hall–Kier alpha value is -2.70. The maximum atomic E-state index is 12.9. The van der Waals surface area contributed by atoms with Gasteiger partial charge < -0.3 is 10.6 Å². The molecule has 0 fully saturated rings. The summed E-state index contributed by atoms with van der Waals surface area (Å²) in [6.45, 7) is 4.64. The molecule has 0 saturated carbocycles. The Morgan fingerprint density at radius 2 is 1.93 bits per heavy atom. The number of nitrogens with one attached hydrogen (secondary N) is 2. The summed E-state index contributed by atoms with van der Waals surface area (Å²) in [4.78, 5) is 18.0. The predicted molar refractivity (Wildman–Crippen MR) is 125 cm³/mol. The number of aryl methyl sites for hydroxylation is 2. The van der Waals surface area contributed by atoms with Crippen molar-refractivity contribution in [1.82, 2.24) is 4.98 Å². The number of rotatable bonds is 5. The van der Waals surface area contributed by atoms with E-state index in [1.807, 2.05) is 67.9 Å². The summed E-state index contributed by atoms with van der Waals surface area (Å²) in [6.07, 6.45) is 1.82. The van der Waals surface area contributed by atoms with E-state index in [9.17, 15) is 4.79 Å². The standard InChI is InChI=1S/C23H20BrN3OS/c1-14-11-17(7-8-19(14)24)27-23(28)22-21(15(2)13-29-22)26-12-16-9-10-25-20-6-4-3-5-18(16)20/h3-11,13,26H,12H2,1-2H3,(H,27,28). The molecule has 0 radical (unpaired) electrons. The smallest absolute Gasteiger partial charge is 0.267 e. The second-order valence-corrected chi connectivity index (χ2v) is 8.62. The molecular formula is C23H20BrN3OS. The fourth-order valence-corrected chi connectivity index (χ4v) is 4.40. The minimum absolute atomic E-state index is 0.105. The van der Waals surface area contributed by atoms with Gasteiger partial charge in [0.05, 0.1) is 11.2 Å². The van der Waals surface area contributed by atoms with E-state index in [0.717, 1.165) is 43.4 Å². The van der Waals surface area contributed by atoms with E-state index in [4.69, 9.17) is 0 Å². The summed E-state index contributed by atoms with van der Waals surface area (Å²) >= 11 is 4.94. The van der Waals surface area contributed by atoms with Crippen LogP contribution in [0.25, 0.3) is 10.9 Å². The molecule has 2 aromatic heterocycles. The van der Waals surface area contributed by atoms with Crippen molar-refractivity contribution in [3.05, 3.63) is 86.1 Å². The molecule has 2 N–H and O–H groups in total. The molecule has 0 saturated heterocycles. The first-order valence-corrected chi connectivity index (χ1v) is 10.9. The zero-order valence-corrected chi connectivity index (χ0v) is 18.5. The number of carbonyl (C=O) groups is 1. The van der Waals surface area contributed by atoms with Gasteiger partial charge in [-0.15, -0.1) is 11.3 Å². The van der Waals surface area contributed by atoms with Crippen LogP contribution >= 0.6 is 27.3 Å². The molecule has 1 amide bonds. The number of hydrogen-bond acceptors (Lipinski definition) is 4. The van der Waals surface area contributed by atoms with Crippen LogP contribution in [0.3, 0.4) is 0 Å². The largest absolute Gasteiger partial charge is 0.379 e. The van der Waals surface area contributed by atoms with Gasteiger partial charge in [-0.05, 0) is 66.2 Å². The molecule has 2 heterocycles. The van der Waals surface area contributed by atoms with Crippen LogP contribution in [0.4, 0.5) is 11.4 Å². The topological polar surface area (TPSA) is 54.0 Å². The molecular weight excluding hydrogens is 446 g/mol. The highest BCUT2D eigenvalue weighted by atomic mass is 79.9. The summed E-state index contributed by atoms with van der Waals surface area (Å²) < 4.78 is 1.02. The molecule has 0 unspecified atom stereocenters. The lowest BCUT2D eigenvalue weighted by atomic mass is 10.1. The number of pyridine rings is 1. The van der Waals surface area contributed by atoms with Crippen LogP contribution in [0.2, 0.25) is 0 Å². The van der Waals surface area contributed by atoms with Gasteiger partial charge in [0.15, 0.2) is 0 Å². The first-order valence-electron chi connectivity index (χ1n) is 9.25. The van der Waals surface area contributed by atoms with Gasteiger partial charge in [0, 0.05) is 28.3 Å². The summed E-state index contributed by atoms with van der Waals surface area (Å²) in [7, 11) is 0. The van der Waals surface area contributed by atoms with Crippen molar-refractivity contribution >= 4 is 55.5 Å². The maximum absolute atomic E-state index is 12.9. The van der Waals surface area contributed by atoms with Gasteiger partial charge >= 0.3 is 0 Å². The second kappa shape index (κ2) is 8.35. The van der Waals surface area contributed by atoms with E-state index in [1.165, 1.54) is 11.3 Å². The lowest BCUT2D eigenvalue weighted by molar-refractivity contribution is 0.103. The van der Waals surface area contributed by atoms with Crippen LogP contribution in [-0.2, 0) is 6.54 Å². The van der Waals surface area contributed by atoms with Crippen molar-refractivity contribution in [2.45, 2.75) is 20.4 Å². The van der Waals surface area contributed by atoms with Crippen molar-refractivity contribution in [3.63, 3.8) is 0 Å². The molecule has 146 valence electrons. The minimum atomic E-state index is -0.105. The molecule has 4 nitrogen and oxygen atoms in total. The lowest BCUT2D eigenvalue weighted by Gasteiger charge is -2.12. The van der Waals surface area contributed by atoms with Crippen molar-refractivity contribution in [2.75, 3.05) is 10.6 Å². The Bertz CT molecular complexity index is 1200. The van der Waals surface area contributed by atoms with E-state index in [2.05, 4.69) is 37.6 Å². The molecule has 0 spiro atoms. The Balaban J connectivity index is 1.55. The summed E-state index contributed by atoms with van der Waals surface area (Å²) in [5, 5.41) is 9.61. The fourth-order valence-electron chi connectivity index (χ4n) is 3.23.